The smallest absolute Gasteiger partial charge is 0.260 e. The Kier molecular flexibility index (Phi) is 10.6. The number of nitrogens with one attached hydrogen (secondary N) is 2. The normalized spacial score (nSPS) is 17.2. The van der Waals surface area contributed by atoms with Crippen molar-refractivity contribution in [1.29, 1.82) is 0 Å². The minimum Gasteiger partial charge on any atom is -0.495 e. The molecule has 1 unspecified atom stereocenters. The van der Waals surface area contributed by atoms with Crippen LogP contribution in [0.3, 0.4) is 0 Å². The van der Waals surface area contributed by atoms with E-state index in [1.54, 1.807) is 27.8 Å². The van der Waals surface area contributed by atoms with Gasteiger partial charge >= 0.3 is 0 Å². The van der Waals surface area contributed by atoms with E-state index >= 15 is 0 Å². The summed E-state index contributed by atoms with van der Waals surface area (Å²) in [6.45, 7) is 8.02. The van der Waals surface area contributed by atoms with Crippen molar-refractivity contribution in [3.8, 4) is 22.6 Å². The second-order valence-electron chi connectivity index (χ2n) is 11.0. The Bertz CT molecular complexity index is 1540. The monoisotopic (exact) mass is 644 g/mol. The lowest BCUT2D eigenvalue weighted by Gasteiger charge is -2.32. The van der Waals surface area contributed by atoms with Crippen LogP contribution >= 0.6 is 23.2 Å². The second-order valence-corrected chi connectivity index (χ2v) is 11.7. The molecule has 5 rings (SSSR count). The van der Waals surface area contributed by atoms with Gasteiger partial charge in [-0.25, -0.2) is 4.98 Å². The maximum atomic E-state index is 14.2. The van der Waals surface area contributed by atoms with Gasteiger partial charge < -0.3 is 29.7 Å². The van der Waals surface area contributed by atoms with Crippen molar-refractivity contribution >= 4 is 46.1 Å². The van der Waals surface area contributed by atoms with Crippen LogP contribution in [-0.4, -0.2) is 85.0 Å². The van der Waals surface area contributed by atoms with Crippen LogP contribution in [0.2, 0.25) is 10.0 Å². The fourth-order valence-electron chi connectivity index (χ4n) is 5.77. The number of piperidine rings is 1. The van der Waals surface area contributed by atoms with Gasteiger partial charge in [0.15, 0.2) is 0 Å². The van der Waals surface area contributed by atoms with Gasteiger partial charge in [0.1, 0.15) is 17.1 Å². The summed E-state index contributed by atoms with van der Waals surface area (Å²) in [5, 5.41) is 7.92. The van der Waals surface area contributed by atoms with E-state index in [1.165, 1.54) is 20.3 Å². The average molecular weight is 646 g/mol. The van der Waals surface area contributed by atoms with Gasteiger partial charge in [-0.05, 0) is 43.7 Å². The van der Waals surface area contributed by atoms with Gasteiger partial charge in [-0.15, -0.1) is 0 Å². The highest BCUT2D eigenvalue weighted by Gasteiger charge is 2.24. The van der Waals surface area contributed by atoms with Crippen molar-refractivity contribution < 1.29 is 19.0 Å². The number of carbonyl (C=O) groups is 1. The maximum absolute atomic E-state index is 14.2. The zero-order valence-electron chi connectivity index (χ0n) is 25.0. The Balaban J connectivity index is 1.46. The van der Waals surface area contributed by atoms with Crippen LogP contribution in [0.15, 0.2) is 35.8 Å². The molecule has 0 aliphatic carbocycles. The third-order valence-electron chi connectivity index (χ3n) is 8.28. The van der Waals surface area contributed by atoms with E-state index in [4.69, 9.17) is 42.4 Å². The third kappa shape index (κ3) is 6.96. The zero-order valence-corrected chi connectivity index (χ0v) is 26.5. The Morgan fingerprint density at radius 1 is 1.14 bits per heavy atom. The Labute approximate surface area is 266 Å². The minimum atomic E-state index is -0.308. The zero-order chi connectivity index (χ0) is 31.2. The highest BCUT2D eigenvalue weighted by molar-refractivity contribution is 6.41. The topological polar surface area (TPSA) is 120 Å². The number of carbonyl (C=O) groups excluding carboxylic acids is 1. The minimum absolute atomic E-state index is 0.0505. The summed E-state index contributed by atoms with van der Waals surface area (Å²) in [7, 11) is 2.98. The first-order valence-electron chi connectivity index (χ1n) is 14.8. The van der Waals surface area contributed by atoms with Crippen LogP contribution in [0.4, 0.5) is 5.95 Å². The molecule has 2 aromatic heterocycles. The lowest BCUT2D eigenvalue weighted by atomic mass is 10.0. The third-order valence-corrected chi connectivity index (χ3v) is 9.03. The summed E-state index contributed by atoms with van der Waals surface area (Å²) >= 11 is 13.5. The molecule has 1 aromatic carbocycles. The standard InChI is InChI=1S/C31H38Cl2N6O5/c1-4-25(40)38-11-6-21(7-12-38)34-10-13-39-29-20(17-36-31(37-29)35-9-5-19-8-14-44-18-19)15-22(30(39)41)26-27(32)23(42-2)16-24(43-3)28(26)33/h4,15-17,19,21,34H,1,5-14,18H2,2-3H3,(H,35,36,37). The molecule has 2 saturated heterocycles. The fraction of sp³-hybridized carbons (Fsp3) is 0.484. The van der Waals surface area contributed by atoms with Crippen molar-refractivity contribution in [3.05, 3.63) is 51.4 Å². The van der Waals surface area contributed by atoms with Crippen LogP contribution in [0.1, 0.15) is 25.7 Å². The van der Waals surface area contributed by atoms with Gasteiger partial charge in [-0.3, -0.25) is 14.2 Å². The van der Waals surface area contributed by atoms with E-state index in [1.807, 2.05) is 0 Å². The van der Waals surface area contributed by atoms with Crippen molar-refractivity contribution in [2.75, 3.05) is 58.9 Å². The molecule has 1 atom stereocenters. The SMILES string of the molecule is C=CC(=O)N1CCC(NCCn2c(=O)c(-c3c(Cl)c(OC)cc(OC)c3Cl)cc3cnc(NCCC4CCOC4)nc32)CC1. The molecule has 11 nitrogen and oxygen atoms in total. The van der Waals surface area contributed by atoms with E-state index in [9.17, 15) is 9.59 Å². The van der Waals surface area contributed by atoms with Gasteiger partial charge in [0.2, 0.25) is 11.9 Å². The molecular formula is C31H38Cl2N6O5. The number of hydrogen-bond donors (Lipinski definition) is 2. The molecular weight excluding hydrogens is 607 g/mol. The van der Waals surface area contributed by atoms with E-state index in [2.05, 4.69) is 22.2 Å². The van der Waals surface area contributed by atoms with E-state index < -0.39 is 0 Å². The van der Waals surface area contributed by atoms with Crippen molar-refractivity contribution in [2.45, 2.75) is 38.3 Å². The van der Waals surface area contributed by atoms with Crippen LogP contribution in [-0.2, 0) is 16.1 Å². The molecule has 4 heterocycles. The largest absolute Gasteiger partial charge is 0.495 e. The number of rotatable bonds is 12. The molecule has 2 N–H and O–H groups in total. The molecule has 44 heavy (non-hydrogen) atoms. The molecule has 0 radical (unpaired) electrons. The number of benzene rings is 1. The summed E-state index contributed by atoms with van der Waals surface area (Å²) in [5.41, 5.74) is 0.790. The van der Waals surface area contributed by atoms with Crippen LogP contribution in [0.5, 0.6) is 11.5 Å². The highest BCUT2D eigenvalue weighted by atomic mass is 35.5. The summed E-state index contributed by atoms with van der Waals surface area (Å²) in [6, 6.07) is 3.51. The first-order valence-corrected chi connectivity index (χ1v) is 15.6. The fourth-order valence-corrected chi connectivity index (χ4v) is 6.47. The Morgan fingerprint density at radius 2 is 1.86 bits per heavy atom. The van der Waals surface area contributed by atoms with E-state index in [0.717, 1.165) is 38.9 Å². The second kappa shape index (κ2) is 14.6. The summed E-state index contributed by atoms with van der Waals surface area (Å²) < 4.78 is 18.0. The van der Waals surface area contributed by atoms with Crippen LogP contribution in [0, 0.1) is 5.92 Å². The van der Waals surface area contributed by atoms with Crippen LogP contribution in [0.25, 0.3) is 22.2 Å². The number of ether oxygens (including phenoxy) is 3. The average Bonchev–Trinajstić information content (AvgIpc) is 3.56. The summed E-state index contributed by atoms with van der Waals surface area (Å²) in [4.78, 5) is 37.3. The van der Waals surface area contributed by atoms with Crippen molar-refractivity contribution in [2.24, 2.45) is 5.92 Å². The molecule has 0 spiro atoms. The quantitative estimate of drug-likeness (QED) is 0.277. The molecule has 2 aliphatic heterocycles. The number of anilines is 1. The molecule has 236 valence electrons. The van der Waals surface area contributed by atoms with Crippen LogP contribution < -0.4 is 25.7 Å². The first-order chi connectivity index (χ1) is 21.3. The number of nitrogens with zero attached hydrogens (tertiary/aromatic N) is 4. The van der Waals surface area contributed by atoms with Crippen molar-refractivity contribution in [3.63, 3.8) is 0 Å². The molecule has 13 heteroatoms. The molecule has 0 bridgehead atoms. The number of amides is 1. The number of methoxy groups -OCH3 is 2. The number of halogens is 2. The first kappa shape index (κ1) is 32.0. The lowest BCUT2D eigenvalue weighted by molar-refractivity contribution is -0.127. The van der Waals surface area contributed by atoms with Gasteiger partial charge in [-0.2, -0.15) is 4.98 Å². The molecule has 2 fully saturated rings. The number of fused-ring (bicyclic) bond motifs is 1. The molecule has 3 aromatic rings. The van der Waals surface area contributed by atoms with Gasteiger partial charge in [-0.1, -0.05) is 29.8 Å². The maximum Gasteiger partial charge on any atom is 0.260 e. The molecule has 0 saturated carbocycles. The van der Waals surface area contributed by atoms with Crippen molar-refractivity contribution in [1.82, 2.24) is 24.8 Å². The number of hydrogen-bond acceptors (Lipinski definition) is 9. The number of aromatic nitrogens is 3. The summed E-state index contributed by atoms with van der Waals surface area (Å²) in [6.07, 6.45) is 6.67. The Morgan fingerprint density at radius 3 is 2.50 bits per heavy atom. The molecule has 2 aliphatic rings. The van der Waals surface area contributed by atoms with E-state index in [-0.39, 0.29) is 33.1 Å². The predicted molar refractivity (Wildman–Crippen MR) is 172 cm³/mol. The van der Waals surface area contributed by atoms with Gasteiger partial charge in [0.25, 0.3) is 5.56 Å². The Hall–Kier alpha value is -3.38. The number of likely N-dealkylation sites (tertiary alicyclic amines) is 1. The summed E-state index contributed by atoms with van der Waals surface area (Å²) in [5.74, 6) is 1.58. The molecule has 1 amide bonds. The number of pyridine rings is 1. The van der Waals surface area contributed by atoms with E-state index in [0.29, 0.717) is 72.7 Å². The van der Waals surface area contributed by atoms with Gasteiger partial charge in [0, 0.05) is 75.2 Å². The van der Waals surface area contributed by atoms with Gasteiger partial charge in [0.05, 0.1) is 29.8 Å². The lowest BCUT2D eigenvalue weighted by Crippen LogP contribution is -2.45. The predicted octanol–water partition coefficient (Wildman–Crippen LogP) is 4.39. The highest BCUT2D eigenvalue weighted by Crippen LogP contribution is 2.45.